The minimum absolute atomic E-state index is 0.0866. The summed E-state index contributed by atoms with van der Waals surface area (Å²) in [5, 5.41) is 2.90. The summed E-state index contributed by atoms with van der Waals surface area (Å²) in [6.45, 7) is 7.16. The Labute approximate surface area is 220 Å². The number of rotatable bonds is 11. The van der Waals surface area contributed by atoms with Crippen LogP contribution in [0.2, 0.25) is 0 Å². The molecule has 3 aromatic rings. The fourth-order valence-corrected chi connectivity index (χ4v) is 5.54. The SMILES string of the molecule is CCC(C(=O)NC(C)C)N(Cc1ccccc1)C(=O)CN(c1cccc(C)c1)S(=O)(=O)c1ccccc1. The molecule has 196 valence electrons. The fourth-order valence-electron chi connectivity index (χ4n) is 4.11. The first-order chi connectivity index (χ1) is 17.6. The summed E-state index contributed by atoms with van der Waals surface area (Å²) in [6.07, 6.45) is 0.382. The summed E-state index contributed by atoms with van der Waals surface area (Å²) in [6, 6.07) is 23.6. The molecule has 0 bridgehead atoms. The van der Waals surface area contributed by atoms with E-state index in [0.717, 1.165) is 15.4 Å². The summed E-state index contributed by atoms with van der Waals surface area (Å²) in [7, 11) is -4.06. The lowest BCUT2D eigenvalue weighted by Gasteiger charge is -2.33. The lowest BCUT2D eigenvalue weighted by Crippen LogP contribution is -2.53. The molecule has 0 aliphatic carbocycles. The zero-order chi connectivity index (χ0) is 27.0. The summed E-state index contributed by atoms with van der Waals surface area (Å²) < 4.78 is 28.6. The zero-order valence-electron chi connectivity index (χ0n) is 21.8. The molecule has 7 nitrogen and oxygen atoms in total. The molecule has 0 fully saturated rings. The number of benzene rings is 3. The number of hydrogen-bond acceptors (Lipinski definition) is 4. The highest BCUT2D eigenvalue weighted by Gasteiger charge is 2.33. The number of amides is 2. The first kappa shape index (κ1) is 27.9. The molecule has 1 N–H and O–H groups in total. The van der Waals surface area contributed by atoms with Gasteiger partial charge in [0.05, 0.1) is 10.6 Å². The van der Waals surface area contributed by atoms with Gasteiger partial charge in [-0.15, -0.1) is 0 Å². The summed E-state index contributed by atoms with van der Waals surface area (Å²) in [4.78, 5) is 28.6. The van der Waals surface area contributed by atoms with E-state index in [4.69, 9.17) is 0 Å². The van der Waals surface area contributed by atoms with Gasteiger partial charge in [0.2, 0.25) is 11.8 Å². The molecule has 0 aliphatic heterocycles. The Hall–Kier alpha value is -3.65. The lowest BCUT2D eigenvalue weighted by atomic mass is 10.1. The van der Waals surface area contributed by atoms with Gasteiger partial charge in [-0.1, -0.05) is 67.6 Å². The normalized spacial score (nSPS) is 12.1. The molecule has 0 aliphatic rings. The highest BCUT2D eigenvalue weighted by molar-refractivity contribution is 7.92. The van der Waals surface area contributed by atoms with Gasteiger partial charge in [-0.25, -0.2) is 8.42 Å². The van der Waals surface area contributed by atoms with Crippen molar-refractivity contribution in [2.24, 2.45) is 0 Å². The van der Waals surface area contributed by atoms with Crippen molar-refractivity contribution in [1.29, 1.82) is 0 Å². The van der Waals surface area contributed by atoms with E-state index in [1.165, 1.54) is 17.0 Å². The van der Waals surface area contributed by atoms with E-state index in [0.29, 0.717) is 12.1 Å². The molecule has 0 heterocycles. The Morgan fingerprint density at radius 1 is 0.892 bits per heavy atom. The van der Waals surface area contributed by atoms with Crippen LogP contribution in [0, 0.1) is 6.92 Å². The van der Waals surface area contributed by atoms with Gasteiger partial charge in [0.15, 0.2) is 0 Å². The van der Waals surface area contributed by atoms with Crippen LogP contribution in [0.5, 0.6) is 0 Å². The standard InChI is InChI=1S/C29H35N3O4S/c1-5-27(29(34)30-22(2)3)31(20-24-14-8-6-9-15-24)28(33)21-32(25-16-12-13-23(4)19-25)37(35,36)26-17-10-7-11-18-26/h6-19,22,27H,5,20-21H2,1-4H3,(H,30,34). The molecule has 0 spiro atoms. The smallest absolute Gasteiger partial charge is 0.264 e. The monoisotopic (exact) mass is 521 g/mol. The van der Waals surface area contributed by atoms with Crippen molar-refractivity contribution in [2.75, 3.05) is 10.8 Å². The van der Waals surface area contributed by atoms with Gasteiger partial charge < -0.3 is 10.2 Å². The predicted molar refractivity (Wildman–Crippen MR) is 147 cm³/mol. The number of hydrogen-bond donors (Lipinski definition) is 1. The van der Waals surface area contributed by atoms with Gasteiger partial charge in [0, 0.05) is 12.6 Å². The number of carbonyl (C=O) groups is 2. The van der Waals surface area contributed by atoms with E-state index in [1.807, 2.05) is 64.1 Å². The second-order valence-corrected chi connectivity index (χ2v) is 11.1. The molecule has 3 rings (SSSR count). The van der Waals surface area contributed by atoms with E-state index < -0.39 is 28.5 Å². The topological polar surface area (TPSA) is 86.8 Å². The van der Waals surface area contributed by atoms with E-state index in [9.17, 15) is 18.0 Å². The van der Waals surface area contributed by atoms with Crippen molar-refractivity contribution >= 4 is 27.5 Å². The van der Waals surface area contributed by atoms with Crippen LogP contribution in [0.4, 0.5) is 5.69 Å². The highest BCUT2D eigenvalue weighted by Crippen LogP contribution is 2.25. The highest BCUT2D eigenvalue weighted by atomic mass is 32.2. The maximum absolute atomic E-state index is 13.9. The molecule has 37 heavy (non-hydrogen) atoms. The number of carbonyl (C=O) groups excluding carboxylic acids is 2. The van der Waals surface area contributed by atoms with Crippen molar-refractivity contribution in [3.05, 3.63) is 96.1 Å². The molecule has 0 radical (unpaired) electrons. The third-order valence-electron chi connectivity index (χ3n) is 5.91. The molecular formula is C29H35N3O4S. The maximum Gasteiger partial charge on any atom is 0.264 e. The average molecular weight is 522 g/mol. The van der Waals surface area contributed by atoms with Crippen LogP contribution < -0.4 is 9.62 Å². The fraction of sp³-hybridized carbons (Fsp3) is 0.310. The first-order valence-electron chi connectivity index (χ1n) is 12.4. The van der Waals surface area contributed by atoms with Gasteiger partial charge in [0.25, 0.3) is 10.0 Å². The van der Waals surface area contributed by atoms with Gasteiger partial charge in [-0.05, 0) is 62.6 Å². The number of nitrogens with zero attached hydrogens (tertiary/aromatic N) is 2. The number of aryl methyl sites for hydroxylation is 1. The Morgan fingerprint density at radius 2 is 1.51 bits per heavy atom. The van der Waals surface area contributed by atoms with Crippen LogP contribution in [-0.2, 0) is 26.2 Å². The van der Waals surface area contributed by atoms with Crippen molar-refractivity contribution in [1.82, 2.24) is 10.2 Å². The summed E-state index contributed by atoms with van der Waals surface area (Å²) >= 11 is 0. The van der Waals surface area contributed by atoms with E-state index in [1.54, 1.807) is 36.4 Å². The van der Waals surface area contributed by atoms with Crippen molar-refractivity contribution in [2.45, 2.75) is 57.6 Å². The molecule has 0 saturated carbocycles. The number of anilines is 1. The Bertz CT molecular complexity index is 1290. The molecular weight excluding hydrogens is 486 g/mol. The quantitative estimate of drug-likeness (QED) is 0.402. The largest absolute Gasteiger partial charge is 0.352 e. The molecule has 8 heteroatoms. The molecule has 0 aromatic heterocycles. The molecule has 3 aromatic carbocycles. The third kappa shape index (κ3) is 7.20. The second-order valence-electron chi connectivity index (χ2n) is 9.26. The van der Waals surface area contributed by atoms with Gasteiger partial charge in [-0.3, -0.25) is 13.9 Å². The molecule has 0 saturated heterocycles. The van der Waals surface area contributed by atoms with Crippen molar-refractivity contribution in [3.8, 4) is 0 Å². The van der Waals surface area contributed by atoms with Crippen LogP contribution in [0.15, 0.2) is 89.8 Å². The lowest BCUT2D eigenvalue weighted by molar-refractivity contribution is -0.140. The van der Waals surface area contributed by atoms with E-state index >= 15 is 0 Å². The van der Waals surface area contributed by atoms with Crippen LogP contribution in [0.3, 0.4) is 0 Å². The molecule has 1 unspecified atom stereocenters. The Balaban J connectivity index is 2.04. The molecule has 1 atom stereocenters. The maximum atomic E-state index is 13.9. The summed E-state index contributed by atoms with van der Waals surface area (Å²) in [5.74, 6) is -0.731. The Kier molecular flexibility index (Phi) is 9.47. The number of nitrogens with one attached hydrogen (secondary N) is 1. The van der Waals surface area contributed by atoms with Gasteiger partial charge >= 0.3 is 0 Å². The minimum atomic E-state index is -4.06. The zero-order valence-corrected chi connectivity index (χ0v) is 22.6. The van der Waals surface area contributed by atoms with E-state index in [-0.39, 0.29) is 23.4 Å². The van der Waals surface area contributed by atoms with Crippen LogP contribution in [0.25, 0.3) is 0 Å². The number of sulfonamides is 1. The summed E-state index contributed by atoms with van der Waals surface area (Å²) in [5.41, 5.74) is 2.10. The second kappa shape index (κ2) is 12.5. The average Bonchev–Trinajstić information content (AvgIpc) is 2.87. The van der Waals surface area contributed by atoms with Gasteiger partial charge in [-0.2, -0.15) is 0 Å². The minimum Gasteiger partial charge on any atom is -0.352 e. The van der Waals surface area contributed by atoms with Crippen LogP contribution in [0.1, 0.15) is 38.3 Å². The molecule has 2 amide bonds. The Morgan fingerprint density at radius 3 is 2.08 bits per heavy atom. The van der Waals surface area contributed by atoms with Crippen LogP contribution >= 0.6 is 0 Å². The first-order valence-corrected chi connectivity index (χ1v) is 13.9. The van der Waals surface area contributed by atoms with E-state index in [2.05, 4.69) is 5.32 Å². The third-order valence-corrected chi connectivity index (χ3v) is 7.70. The predicted octanol–water partition coefficient (Wildman–Crippen LogP) is 4.52. The van der Waals surface area contributed by atoms with Crippen LogP contribution in [-0.4, -0.2) is 43.8 Å². The van der Waals surface area contributed by atoms with Crippen molar-refractivity contribution in [3.63, 3.8) is 0 Å². The van der Waals surface area contributed by atoms with Crippen molar-refractivity contribution < 1.29 is 18.0 Å². The van der Waals surface area contributed by atoms with Gasteiger partial charge in [0.1, 0.15) is 12.6 Å².